The third-order valence-corrected chi connectivity index (χ3v) is 3.45. The van der Waals surface area contributed by atoms with Gasteiger partial charge in [0.15, 0.2) is 0 Å². The Morgan fingerprint density at radius 3 is 2.75 bits per heavy atom. The Morgan fingerprint density at radius 2 is 2.25 bits per heavy atom. The topological polar surface area (TPSA) is 75.6 Å². The highest BCUT2D eigenvalue weighted by Crippen LogP contribution is 2.38. The van der Waals surface area contributed by atoms with Crippen molar-refractivity contribution in [2.45, 2.75) is 38.4 Å². The fourth-order valence-corrected chi connectivity index (χ4v) is 2.39. The molecule has 0 aliphatic carbocycles. The van der Waals surface area contributed by atoms with Crippen LogP contribution in [-0.4, -0.2) is 35.7 Å². The molecule has 1 amide bonds. The lowest BCUT2D eigenvalue weighted by Gasteiger charge is -2.18. The van der Waals surface area contributed by atoms with E-state index in [2.05, 4.69) is 5.32 Å². The zero-order chi connectivity index (χ0) is 11.7. The summed E-state index contributed by atoms with van der Waals surface area (Å²) in [6.07, 6.45) is 3.11. The fraction of sp³-hybridized carbons (Fsp3) is 0.818. The SMILES string of the molecule is CC(CNC(=O)C1CC2CCC1O2)C(=O)O. The van der Waals surface area contributed by atoms with E-state index in [1.54, 1.807) is 6.92 Å². The van der Waals surface area contributed by atoms with Crippen molar-refractivity contribution in [2.75, 3.05) is 6.54 Å². The Hall–Kier alpha value is -1.10. The van der Waals surface area contributed by atoms with Gasteiger partial charge in [-0.05, 0) is 19.3 Å². The van der Waals surface area contributed by atoms with Crippen LogP contribution in [0.2, 0.25) is 0 Å². The maximum absolute atomic E-state index is 11.8. The first-order chi connectivity index (χ1) is 7.58. The number of fused-ring (bicyclic) bond motifs is 2. The smallest absolute Gasteiger partial charge is 0.308 e. The number of carboxylic acid groups (broad SMARTS) is 1. The van der Waals surface area contributed by atoms with Crippen molar-refractivity contribution < 1.29 is 19.4 Å². The van der Waals surface area contributed by atoms with Crippen molar-refractivity contribution in [3.8, 4) is 0 Å². The lowest BCUT2D eigenvalue weighted by atomic mass is 9.88. The highest BCUT2D eigenvalue weighted by atomic mass is 16.5. The molecule has 90 valence electrons. The van der Waals surface area contributed by atoms with Crippen LogP contribution in [0.3, 0.4) is 0 Å². The van der Waals surface area contributed by atoms with Crippen molar-refractivity contribution in [3.63, 3.8) is 0 Å². The Labute approximate surface area is 94.2 Å². The number of carboxylic acids is 1. The third-order valence-electron chi connectivity index (χ3n) is 3.45. The molecule has 5 heteroatoms. The first-order valence-electron chi connectivity index (χ1n) is 5.74. The Balaban J connectivity index is 1.78. The van der Waals surface area contributed by atoms with E-state index in [0.717, 1.165) is 19.3 Å². The molecule has 4 unspecified atom stereocenters. The number of rotatable bonds is 4. The monoisotopic (exact) mass is 227 g/mol. The number of nitrogens with one attached hydrogen (secondary N) is 1. The fourth-order valence-electron chi connectivity index (χ4n) is 2.39. The Kier molecular flexibility index (Phi) is 3.14. The molecule has 2 N–H and O–H groups in total. The van der Waals surface area contributed by atoms with Gasteiger partial charge in [0.2, 0.25) is 5.91 Å². The van der Waals surface area contributed by atoms with Crippen LogP contribution in [0.25, 0.3) is 0 Å². The molecule has 0 saturated carbocycles. The van der Waals surface area contributed by atoms with E-state index in [1.807, 2.05) is 0 Å². The van der Waals surface area contributed by atoms with Gasteiger partial charge in [-0.2, -0.15) is 0 Å². The van der Waals surface area contributed by atoms with Crippen molar-refractivity contribution in [1.82, 2.24) is 5.32 Å². The Bertz CT molecular complexity index is 304. The average Bonchev–Trinajstić information content (AvgIpc) is 2.86. The summed E-state index contributed by atoms with van der Waals surface area (Å²) in [5, 5.41) is 11.4. The third kappa shape index (κ3) is 2.19. The molecule has 0 aromatic heterocycles. The van der Waals surface area contributed by atoms with E-state index in [-0.39, 0.29) is 30.6 Å². The largest absolute Gasteiger partial charge is 0.481 e. The maximum atomic E-state index is 11.8. The van der Waals surface area contributed by atoms with Gasteiger partial charge in [0.05, 0.1) is 24.0 Å². The summed E-state index contributed by atoms with van der Waals surface area (Å²) in [5.41, 5.74) is 0. The standard InChI is InChI=1S/C11H17NO4/c1-6(11(14)15)5-12-10(13)8-4-7-2-3-9(8)16-7/h6-9H,2-5H2,1H3,(H,12,13)(H,14,15). The first kappa shape index (κ1) is 11.4. The quantitative estimate of drug-likeness (QED) is 0.728. The predicted octanol–water partition coefficient (Wildman–Crippen LogP) is 0.391. The minimum Gasteiger partial charge on any atom is -0.481 e. The van der Waals surface area contributed by atoms with Crippen LogP contribution in [0.4, 0.5) is 0 Å². The molecule has 2 aliphatic rings. The van der Waals surface area contributed by atoms with Crippen molar-refractivity contribution in [1.29, 1.82) is 0 Å². The van der Waals surface area contributed by atoms with Crippen molar-refractivity contribution >= 4 is 11.9 Å². The van der Waals surface area contributed by atoms with Gasteiger partial charge in [0.1, 0.15) is 0 Å². The molecule has 0 aromatic carbocycles. The van der Waals surface area contributed by atoms with Crippen LogP contribution in [0.1, 0.15) is 26.2 Å². The molecule has 0 spiro atoms. The van der Waals surface area contributed by atoms with Gasteiger partial charge in [-0.25, -0.2) is 0 Å². The number of carbonyl (C=O) groups is 2. The van der Waals surface area contributed by atoms with Crippen LogP contribution in [-0.2, 0) is 14.3 Å². The van der Waals surface area contributed by atoms with Gasteiger partial charge in [-0.15, -0.1) is 0 Å². The van der Waals surface area contributed by atoms with Crippen molar-refractivity contribution in [3.05, 3.63) is 0 Å². The van der Waals surface area contributed by atoms with Gasteiger partial charge in [0, 0.05) is 6.54 Å². The van der Waals surface area contributed by atoms with E-state index in [0.29, 0.717) is 0 Å². The summed E-state index contributed by atoms with van der Waals surface area (Å²) in [4.78, 5) is 22.4. The van der Waals surface area contributed by atoms with E-state index >= 15 is 0 Å². The summed E-state index contributed by atoms with van der Waals surface area (Å²) in [6.45, 7) is 1.78. The lowest BCUT2D eigenvalue weighted by Crippen LogP contribution is -2.39. The summed E-state index contributed by atoms with van der Waals surface area (Å²) in [6, 6.07) is 0. The molecule has 2 heterocycles. The van der Waals surface area contributed by atoms with Crippen LogP contribution >= 0.6 is 0 Å². The molecule has 2 rings (SSSR count). The van der Waals surface area contributed by atoms with E-state index in [1.165, 1.54) is 0 Å². The molecule has 5 nitrogen and oxygen atoms in total. The molecule has 4 atom stereocenters. The molecular weight excluding hydrogens is 210 g/mol. The number of carbonyl (C=O) groups excluding carboxylic acids is 1. The highest BCUT2D eigenvalue weighted by Gasteiger charge is 2.44. The molecule has 0 radical (unpaired) electrons. The van der Waals surface area contributed by atoms with Gasteiger partial charge in [-0.3, -0.25) is 9.59 Å². The molecular formula is C11H17NO4. The van der Waals surface area contributed by atoms with Crippen LogP contribution in [0.5, 0.6) is 0 Å². The zero-order valence-electron chi connectivity index (χ0n) is 9.31. The minimum absolute atomic E-state index is 0.0553. The average molecular weight is 227 g/mol. The summed E-state index contributed by atoms with van der Waals surface area (Å²) in [5.74, 6) is -1.55. The summed E-state index contributed by atoms with van der Waals surface area (Å²) < 4.78 is 5.58. The number of hydrogen-bond donors (Lipinski definition) is 2. The van der Waals surface area contributed by atoms with Crippen LogP contribution in [0.15, 0.2) is 0 Å². The summed E-state index contributed by atoms with van der Waals surface area (Å²) in [7, 11) is 0. The molecule has 2 bridgehead atoms. The molecule has 0 aromatic rings. The first-order valence-corrected chi connectivity index (χ1v) is 5.74. The molecule has 2 aliphatic heterocycles. The normalized spacial score (nSPS) is 33.7. The second-order valence-corrected chi connectivity index (χ2v) is 4.70. The summed E-state index contributed by atoms with van der Waals surface area (Å²) >= 11 is 0. The highest BCUT2D eigenvalue weighted by molar-refractivity contribution is 5.80. The molecule has 2 fully saturated rings. The maximum Gasteiger partial charge on any atom is 0.308 e. The second kappa shape index (κ2) is 4.41. The number of amides is 1. The van der Waals surface area contributed by atoms with Gasteiger partial charge in [-0.1, -0.05) is 6.92 Å². The second-order valence-electron chi connectivity index (χ2n) is 4.70. The molecule has 2 saturated heterocycles. The van der Waals surface area contributed by atoms with Gasteiger partial charge in [0.25, 0.3) is 0 Å². The van der Waals surface area contributed by atoms with Gasteiger partial charge < -0.3 is 15.2 Å². The number of hydrogen-bond acceptors (Lipinski definition) is 3. The molecule has 16 heavy (non-hydrogen) atoms. The van der Waals surface area contributed by atoms with E-state index in [4.69, 9.17) is 9.84 Å². The van der Waals surface area contributed by atoms with Crippen LogP contribution < -0.4 is 5.32 Å². The van der Waals surface area contributed by atoms with Crippen molar-refractivity contribution in [2.24, 2.45) is 11.8 Å². The Morgan fingerprint density at radius 1 is 1.50 bits per heavy atom. The minimum atomic E-state index is -0.885. The lowest BCUT2D eigenvalue weighted by molar-refractivity contribution is -0.141. The number of ether oxygens (including phenoxy) is 1. The van der Waals surface area contributed by atoms with Crippen LogP contribution in [0, 0.1) is 11.8 Å². The van der Waals surface area contributed by atoms with Gasteiger partial charge >= 0.3 is 5.97 Å². The van der Waals surface area contributed by atoms with E-state index in [9.17, 15) is 9.59 Å². The number of aliphatic carboxylic acids is 1. The van der Waals surface area contributed by atoms with E-state index < -0.39 is 11.9 Å². The zero-order valence-corrected chi connectivity index (χ0v) is 9.31. The predicted molar refractivity (Wildman–Crippen MR) is 55.8 cm³/mol.